The van der Waals surface area contributed by atoms with E-state index in [1.54, 1.807) is 6.92 Å². The highest BCUT2D eigenvalue weighted by atomic mass is 32.2. The van der Waals surface area contributed by atoms with Crippen LogP contribution in [0.1, 0.15) is 6.92 Å². The van der Waals surface area contributed by atoms with Crippen molar-refractivity contribution < 1.29 is 18.0 Å². The number of hydrogen-bond donors (Lipinski definition) is 2. The molecule has 15 heavy (non-hydrogen) atoms. The Morgan fingerprint density at radius 2 is 1.67 bits per heavy atom. The van der Waals surface area contributed by atoms with Crippen molar-refractivity contribution in [1.82, 2.24) is 0 Å². The number of amides is 2. The van der Waals surface area contributed by atoms with E-state index in [0.717, 1.165) is 0 Å². The van der Waals surface area contributed by atoms with Crippen molar-refractivity contribution in [3.8, 4) is 0 Å². The molecular weight excluding hydrogens is 220 g/mol. The van der Waals surface area contributed by atoms with Crippen LogP contribution in [0.15, 0.2) is 0 Å². The molecule has 0 spiro atoms. The first-order valence-corrected chi connectivity index (χ1v) is 6.36. The number of sulfone groups is 1. The second-order valence-corrected chi connectivity index (χ2v) is 6.15. The van der Waals surface area contributed by atoms with Gasteiger partial charge in [0, 0.05) is 0 Å². The first-order valence-electron chi connectivity index (χ1n) is 4.53. The summed E-state index contributed by atoms with van der Waals surface area (Å²) in [6, 6.07) is 0. The highest BCUT2D eigenvalue weighted by Crippen LogP contribution is 2.31. The summed E-state index contributed by atoms with van der Waals surface area (Å²) in [4.78, 5) is 22.0. The average Bonchev–Trinajstić information content (AvgIpc) is 2.23. The number of carbonyl (C=O) groups excluding carboxylic acids is 2. The molecule has 4 N–H and O–H groups in total. The van der Waals surface area contributed by atoms with Gasteiger partial charge in [0.25, 0.3) is 0 Å². The molecule has 0 aliphatic carbocycles. The van der Waals surface area contributed by atoms with E-state index in [4.69, 9.17) is 11.5 Å². The summed E-state index contributed by atoms with van der Waals surface area (Å²) in [5.41, 5.74) is 10.1. The molecule has 0 aromatic rings. The minimum Gasteiger partial charge on any atom is -0.369 e. The summed E-state index contributed by atoms with van der Waals surface area (Å²) >= 11 is 0. The zero-order valence-electron chi connectivity index (χ0n) is 8.34. The smallest absolute Gasteiger partial charge is 0.230 e. The van der Waals surface area contributed by atoms with E-state index in [1.165, 1.54) is 0 Å². The number of nitrogens with two attached hydrogens (primary N) is 2. The Balaban J connectivity index is 2.97. The van der Waals surface area contributed by atoms with Crippen LogP contribution >= 0.6 is 0 Å². The molecule has 1 aliphatic rings. The van der Waals surface area contributed by atoms with Crippen LogP contribution in [0, 0.1) is 17.8 Å². The van der Waals surface area contributed by atoms with Gasteiger partial charge in [0.15, 0.2) is 9.84 Å². The van der Waals surface area contributed by atoms with E-state index in [9.17, 15) is 18.0 Å². The molecule has 1 heterocycles. The van der Waals surface area contributed by atoms with Crippen molar-refractivity contribution in [2.45, 2.75) is 6.92 Å². The molecule has 2 amide bonds. The highest BCUT2D eigenvalue weighted by molar-refractivity contribution is 7.91. The van der Waals surface area contributed by atoms with Crippen molar-refractivity contribution in [2.75, 3.05) is 11.5 Å². The lowest BCUT2D eigenvalue weighted by atomic mass is 9.84. The van der Waals surface area contributed by atoms with Crippen molar-refractivity contribution in [3.05, 3.63) is 0 Å². The van der Waals surface area contributed by atoms with Crippen molar-refractivity contribution in [1.29, 1.82) is 0 Å². The Kier molecular flexibility index (Phi) is 3.03. The van der Waals surface area contributed by atoms with Crippen LogP contribution in [0.2, 0.25) is 0 Å². The monoisotopic (exact) mass is 234 g/mol. The molecular formula is C8H14N2O4S. The summed E-state index contributed by atoms with van der Waals surface area (Å²) in [5, 5.41) is 0. The van der Waals surface area contributed by atoms with Gasteiger partial charge in [0.05, 0.1) is 11.5 Å². The molecule has 1 fully saturated rings. The molecule has 0 saturated carbocycles. The summed E-state index contributed by atoms with van der Waals surface area (Å²) < 4.78 is 22.6. The molecule has 0 unspecified atom stereocenters. The average molecular weight is 234 g/mol. The van der Waals surface area contributed by atoms with Gasteiger partial charge in [-0.25, -0.2) is 8.42 Å². The third-order valence-corrected chi connectivity index (χ3v) is 4.66. The van der Waals surface area contributed by atoms with Gasteiger partial charge in [-0.1, -0.05) is 6.92 Å². The zero-order valence-corrected chi connectivity index (χ0v) is 9.16. The molecule has 7 heteroatoms. The van der Waals surface area contributed by atoms with E-state index >= 15 is 0 Å². The lowest BCUT2D eigenvalue weighted by Gasteiger charge is -2.19. The van der Waals surface area contributed by atoms with Crippen LogP contribution in [0.4, 0.5) is 0 Å². The lowest BCUT2D eigenvalue weighted by Crippen LogP contribution is -2.42. The molecule has 0 bridgehead atoms. The lowest BCUT2D eigenvalue weighted by molar-refractivity contribution is -0.134. The summed E-state index contributed by atoms with van der Waals surface area (Å²) in [6.45, 7) is 1.67. The molecule has 0 radical (unpaired) electrons. The Morgan fingerprint density at radius 1 is 1.20 bits per heavy atom. The van der Waals surface area contributed by atoms with Crippen molar-refractivity contribution >= 4 is 21.7 Å². The van der Waals surface area contributed by atoms with Crippen LogP contribution < -0.4 is 11.5 Å². The third kappa shape index (κ3) is 2.47. The number of hydrogen-bond acceptors (Lipinski definition) is 4. The predicted octanol–water partition coefficient (Wildman–Crippen LogP) is -1.75. The summed E-state index contributed by atoms with van der Waals surface area (Å²) in [6.07, 6.45) is 0. The van der Waals surface area contributed by atoms with Crippen LogP contribution in [-0.4, -0.2) is 31.7 Å². The topological polar surface area (TPSA) is 120 Å². The van der Waals surface area contributed by atoms with Crippen molar-refractivity contribution in [3.63, 3.8) is 0 Å². The molecule has 0 aromatic heterocycles. The summed E-state index contributed by atoms with van der Waals surface area (Å²) in [5.74, 6) is -3.94. The van der Waals surface area contributed by atoms with E-state index in [-0.39, 0.29) is 17.4 Å². The molecule has 2 atom stereocenters. The maximum atomic E-state index is 11.3. The second-order valence-electron chi connectivity index (χ2n) is 4.00. The van der Waals surface area contributed by atoms with Gasteiger partial charge in [-0.05, 0) is 11.8 Å². The molecule has 1 aliphatic heterocycles. The Hall–Kier alpha value is -1.11. The van der Waals surface area contributed by atoms with Gasteiger partial charge < -0.3 is 11.5 Å². The van der Waals surface area contributed by atoms with Gasteiger partial charge in [0.1, 0.15) is 5.92 Å². The molecule has 0 aromatic carbocycles. The van der Waals surface area contributed by atoms with Gasteiger partial charge in [0.2, 0.25) is 11.8 Å². The van der Waals surface area contributed by atoms with Gasteiger partial charge >= 0.3 is 0 Å². The first kappa shape index (κ1) is 12.0. The molecule has 1 saturated heterocycles. The largest absolute Gasteiger partial charge is 0.369 e. The zero-order chi connectivity index (χ0) is 11.8. The fraction of sp³-hybridized carbons (Fsp3) is 0.750. The van der Waals surface area contributed by atoms with Gasteiger partial charge in [-0.15, -0.1) is 0 Å². The minimum absolute atomic E-state index is 0.0191. The second kappa shape index (κ2) is 3.80. The normalized spacial score (nSPS) is 29.2. The number of primary amides is 2. The van der Waals surface area contributed by atoms with E-state index in [1.807, 2.05) is 0 Å². The Labute approximate surface area is 87.9 Å². The predicted molar refractivity (Wildman–Crippen MR) is 53.2 cm³/mol. The van der Waals surface area contributed by atoms with Crippen LogP contribution in [-0.2, 0) is 19.4 Å². The maximum Gasteiger partial charge on any atom is 0.230 e. The number of carbonyl (C=O) groups is 2. The van der Waals surface area contributed by atoms with Crippen LogP contribution in [0.25, 0.3) is 0 Å². The van der Waals surface area contributed by atoms with Gasteiger partial charge in [-0.3, -0.25) is 9.59 Å². The van der Waals surface area contributed by atoms with Crippen LogP contribution in [0.3, 0.4) is 0 Å². The third-order valence-electron chi connectivity index (χ3n) is 2.74. The SMILES string of the molecule is C[C@H]1CS(=O)(=O)C[C@@H]1C(C(N)=O)C(N)=O. The fourth-order valence-electron chi connectivity index (χ4n) is 2.04. The van der Waals surface area contributed by atoms with Crippen LogP contribution in [0.5, 0.6) is 0 Å². The van der Waals surface area contributed by atoms with Gasteiger partial charge in [-0.2, -0.15) is 0 Å². The maximum absolute atomic E-state index is 11.3. The minimum atomic E-state index is -3.17. The molecule has 6 nitrogen and oxygen atoms in total. The molecule has 86 valence electrons. The Bertz CT molecular complexity index is 375. The standard InChI is InChI=1S/C8H14N2O4S/c1-4-2-15(13,14)3-5(4)6(7(9)11)8(10)12/h4-6H,2-3H2,1H3,(H2,9,11)(H2,10,12)/t4-,5-/m0/s1. The fourth-order valence-corrected chi connectivity index (χ4v) is 4.33. The van der Waals surface area contributed by atoms with E-state index < -0.39 is 33.5 Å². The first-order chi connectivity index (χ1) is 6.74. The number of rotatable bonds is 3. The molecule has 1 rings (SSSR count). The van der Waals surface area contributed by atoms with Crippen molar-refractivity contribution in [2.24, 2.45) is 29.2 Å². The van der Waals surface area contributed by atoms with E-state index in [0.29, 0.717) is 0 Å². The van der Waals surface area contributed by atoms with E-state index in [2.05, 4.69) is 0 Å². The quantitative estimate of drug-likeness (QED) is 0.563. The Morgan fingerprint density at radius 3 is 1.93 bits per heavy atom. The highest BCUT2D eigenvalue weighted by Gasteiger charge is 2.44. The summed E-state index contributed by atoms with van der Waals surface area (Å²) in [7, 11) is -3.17.